The molecule has 0 aliphatic heterocycles. The molecule has 0 atom stereocenters. The van der Waals surface area contributed by atoms with Crippen LogP contribution < -0.4 is 0 Å². The van der Waals surface area contributed by atoms with Gasteiger partial charge in [-0.05, 0) is 99.0 Å². The second-order valence-corrected chi connectivity index (χ2v) is 11.3. The molecule has 0 N–H and O–H groups in total. The lowest BCUT2D eigenvalue weighted by Gasteiger charge is -2.20. The van der Waals surface area contributed by atoms with E-state index in [1.807, 2.05) is 0 Å². The normalized spacial score (nSPS) is 11.8. The van der Waals surface area contributed by atoms with E-state index in [4.69, 9.17) is 0 Å². The molecule has 0 radical (unpaired) electrons. The monoisotopic (exact) mass is 530 g/mol. The molecule has 42 heavy (non-hydrogen) atoms. The summed E-state index contributed by atoms with van der Waals surface area (Å²) in [6.45, 7) is 0. The zero-order valence-corrected chi connectivity index (χ0v) is 23.0. The Morgan fingerprint density at radius 1 is 0.214 bits per heavy atom. The van der Waals surface area contributed by atoms with Crippen LogP contribution in [-0.2, 0) is 0 Å². The molecular weight excluding hydrogens is 504 g/mol. The van der Waals surface area contributed by atoms with Crippen molar-refractivity contribution in [1.29, 1.82) is 0 Å². The lowest BCUT2D eigenvalue weighted by atomic mass is 9.83. The van der Waals surface area contributed by atoms with Crippen molar-refractivity contribution in [2.45, 2.75) is 0 Å². The van der Waals surface area contributed by atoms with Gasteiger partial charge in [0.25, 0.3) is 0 Å². The summed E-state index contributed by atoms with van der Waals surface area (Å²) in [6, 6.07) is 58.1. The van der Waals surface area contributed by atoms with Crippen molar-refractivity contribution in [2.24, 2.45) is 0 Å². The summed E-state index contributed by atoms with van der Waals surface area (Å²) < 4.78 is 0. The molecule has 194 valence electrons. The third-order valence-corrected chi connectivity index (χ3v) is 9.00. The third kappa shape index (κ3) is 3.36. The SMILES string of the molecule is c1ccc2c(-c3c4ccccc4c(-c4cccc5cc6c(ccc7ccccc76)cc45)c4ccccc34)cccc2c1. The van der Waals surface area contributed by atoms with Gasteiger partial charge in [-0.2, -0.15) is 0 Å². The van der Waals surface area contributed by atoms with E-state index in [2.05, 4.69) is 158 Å². The minimum atomic E-state index is 1.26. The Morgan fingerprint density at radius 3 is 1.21 bits per heavy atom. The molecule has 0 nitrogen and oxygen atoms in total. The molecule has 0 saturated carbocycles. The Morgan fingerprint density at radius 2 is 0.595 bits per heavy atom. The minimum Gasteiger partial charge on any atom is -0.0616 e. The number of benzene rings is 9. The van der Waals surface area contributed by atoms with Gasteiger partial charge in [-0.15, -0.1) is 0 Å². The molecule has 9 aromatic rings. The van der Waals surface area contributed by atoms with Crippen molar-refractivity contribution in [3.05, 3.63) is 158 Å². The third-order valence-electron chi connectivity index (χ3n) is 9.00. The fourth-order valence-electron chi connectivity index (χ4n) is 7.15. The highest BCUT2D eigenvalue weighted by Gasteiger charge is 2.19. The van der Waals surface area contributed by atoms with Gasteiger partial charge in [0.2, 0.25) is 0 Å². The average Bonchev–Trinajstić information content (AvgIpc) is 3.06. The molecule has 0 spiro atoms. The number of hydrogen-bond donors (Lipinski definition) is 0. The van der Waals surface area contributed by atoms with Crippen molar-refractivity contribution >= 4 is 64.6 Å². The maximum atomic E-state index is 2.40. The van der Waals surface area contributed by atoms with Crippen molar-refractivity contribution in [2.75, 3.05) is 0 Å². The van der Waals surface area contributed by atoms with Gasteiger partial charge < -0.3 is 0 Å². The van der Waals surface area contributed by atoms with Gasteiger partial charge in [0.15, 0.2) is 0 Å². The van der Waals surface area contributed by atoms with Crippen molar-refractivity contribution in [3.8, 4) is 22.3 Å². The van der Waals surface area contributed by atoms with Gasteiger partial charge in [0, 0.05) is 0 Å². The second-order valence-electron chi connectivity index (χ2n) is 11.3. The first-order valence-corrected chi connectivity index (χ1v) is 14.6. The highest BCUT2D eigenvalue weighted by atomic mass is 14.2. The largest absolute Gasteiger partial charge is 0.0616 e. The summed E-state index contributed by atoms with van der Waals surface area (Å²) in [5.74, 6) is 0. The predicted octanol–water partition coefficient (Wildman–Crippen LogP) is 11.9. The van der Waals surface area contributed by atoms with Crippen molar-refractivity contribution in [1.82, 2.24) is 0 Å². The van der Waals surface area contributed by atoms with Gasteiger partial charge in [-0.3, -0.25) is 0 Å². The van der Waals surface area contributed by atoms with Gasteiger partial charge in [0.05, 0.1) is 0 Å². The smallest absolute Gasteiger partial charge is 0.00201 e. The molecule has 0 aliphatic rings. The summed E-state index contributed by atoms with van der Waals surface area (Å²) in [7, 11) is 0. The average molecular weight is 531 g/mol. The standard InChI is InChI=1S/C42H26/c1-3-15-31-27(11-1)13-9-21-33(31)41-34-17-5-7-19-36(34)42(37-20-8-6-18-35(37)41)38-22-10-14-29-25-39-30(26-40(29)38)24-23-28-12-2-4-16-32(28)39/h1-26H. The Hall–Kier alpha value is -5.46. The molecule has 0 aliphatic carbocycles. The fourth-order valence-corrected chi connectivity index (χ4v) is 7.15. The van der Waals surface area contributed by atoms with E-state index in [1.165, 1.54) is 86.9 Å². The molecule has 0 unspecified atom stereocenters. The molecule has 9 aromatic carbocycles. The maximum Gasteiger partial charge on any atom is -0.00201 e. The topological polar surface area (TPSA) is 0 Å². The summed E-state index contributed by atoms with van der Waals surface area (Å²) in [5.41, 5.74) is 5.16. The molecule has 0 saturated heterocycles. The molecule has 0 aromatic heterocycles. The lowest BCUT2D eigenvalue weighted by molar-refractivity contribution is 1.69. The molecule has 0 heterocycles. The Labute approximate surface area is 244 Å². The van der Waals surface area contributed by atoms with Crippen LogP contribution in [0.3, 0.4) is 0 Å². The highest BCUT2D eigenvalue weighted by Crippen LogP contribution is 2.47. The van der Waals surface area contributed by atoms with Gasteiger partial charge in [0.1, 0.15) is 0 Å². The van der Waals surface area contributed by atoms with E-state index in [0.29, 0.717) is 0 Å². The Kier molecular flexibility index (Phi) is 5.00. The van der Waals surface area contributed by atoms with Crippen LogP contribution in [0, 0.1) is 0 Å². The first kappa shape index (κ1) is 23.3. The van der Waals surface area contributed by atoms with E-state index in [-0.39, 0.29) is 0 Å². The van der Waals surface area contributed by atoms with Crippen LogP contribution in [-0.4, -0.2) is 0 Å². The van der Waals surface area contributed by atoms with E-state index < -0.39 is 0 Å². The van der Waals surface area contributed by atoms with E-state index in [0.717, 1.165) is 0 Å². The van der Waals surface area contributed by atoms with Gasteiger partial charge in [-0.1, -0.05) is 146 Å². The summed E-state index contributed by atoms with van der Waals surface area (Å²) >= 11 is 0. The minimum absolute atomic E-state index is 1.26. The second kappa shape index (κ2) is 9.03. The number of fused-ring (bicyclic) bond motifs is 7. The van der Waals surface area contributed by atoms with Gasteiger partial charge >= 0.3 is 0 Å². The maximum absolute atomic E-state index is 2.40. The summed E-state index contributed by atoms with van der Waals surface area (Å²) in [6.07, 6.45) is 0. The quantitative estimate of drug-likeness (QED) is 0.154. The van der Waals surface area contributed by atoms with Crippen LogP contribution in [0.4, 0.5) is 0 Å². The first-order valence-electron chi connectivity index (χ1n) is 14.6. The number of hydrogen-bond acceptors (Lipinski definition) is 0. The fraction of sp³-hybridized carbons (Fsp3) is 0. The molecule has 0 amide bonds. The van der Waals surface area contributed by atoms with Crippen molar-refractivity contribution in [3.63, 3.8) is 0 Å². The molecule has 0 heteroatoms. The molecule has 9 rings (SSSR count). The molecular formula is C42H26. The van der Waals surface area contributed by atoms with E-state index >= 15 is 0 Å². The number of rotatable bonds is 2. The first-order chi connectivity index (χ1) is 20.8. The Bertz CT molecular complexity index is 2450. The Balaban J connectivity index is 1.42. The van der Waals surface area contributed by atoms with Crippen molar-refractivity contribution < 1.29 is 0 Å². The van der Waals surface area contributed by atoms with E-state index in [9.17, 15) is 0 Å². The van der Waals surface area contributed by atoms with Crippen LogP contribution in [0.25, 0.3) is 86.9 Å². The van der Waals surface area contributed by atoms with E-state index in [1.54, 1.807) is 0 Å². The van der Waals surface area contributed by atoms with Gasteiger partial charge in [-0.25, -0.2) is 0 Å². The predicted molar refractivity (Wildman–Crippen MR) is 182 cm³/mol. The summed E-state index contributed by atoms with van der Waals surface area (Å²) in [4.78, 5) is 0. The van der Waals surface area contributed by atoms with Crippen LogP contribution in [0.2, 0.25) is 0 Å². The lowest BCUT2D eigenvalue weighted by Crippen LogP contribution is -1.92. The molecule has 0 bridgehead atoms. The zero-order chi connectivity index (χ0) is 27.6. The molecule has 0 fully saturated rings. The van der Waals surface area contributed by atoms with Crippen LogP contribution in [0.5, 0.6) is 0 Å². The van der Waals surface area contributed by atoms with Crippen LogP contribution >= 0.6 is 0 Å². The highest BCUT2D eigenvalue weighted by molar-refractivity contribution is 6.26. The van der Waals surface area contributed by atoms with Crippen LogP contribution in [0.1, 0.15) is 0 Å². The van der Waals surface area contributed by atoms with Crippen LogP contribution in [0.15, 0.2) is 158 Å². The zero-order valence-electron chi connectivity index (χ0n) is 23.0. The summed E-state index contributed by atoms with van der Waals surface area (Å²) in [5, 5.41) is 15.4.